The molecule has 0 saturated carbocycles. The zero-order chi connectivity index (χ0) is 21.3. The molecular formula is C22H14N6O2. The van der Waals surface area contributed by atoms with E-state index in [1.165, 1.54) is 0 Å². The number of imidazole rings is 1. The van der Waals surface area contributed by atoms with E-state index < -0.39 is 5.97 Å². The summed E-state index contributed by atoms with van der Waals surface area (Å²) in [6, 6.07) is 18.3. The van der Waals surface area contributed by atoms with Gasteiger partial charge in [0, 0.05) is 6.54 Å². The highest BCUT2D eigenvalue weighted by Crippen LogP contribution is 2.26. The Bertz CT molecular complexity index is 1370. The minimum atomic E-state index is -0.978. The SMILES string of the molecule is Cc1nc2c(C#N)nnc(C#N)c2n1Cc1ccc(-c2ccccc2C(=O)O)cc1. The highest BCUT2D eigenvalue weighted by molar-refractivity contribution is 5.96. The van der Waals surface area contributed by atoms with E-state index in [0.717, 1.165) is 11.1 Å². The first-order chi connectivity index (χ1) is 14.5. The largest absolute Gasteiger partial charge is 0.478 e. The second-order valence-corrected chi connectivity index (χ2v) is 6.61. The molecule has 2 heterocycles. The van der Waals surface area contributed by atoms with Gasteiger partial charge in [0.15, 0.2) is 11.4 Å². The lowest BCUT2D eigenvalue weighted by Crippen LogP contribution is -2.05. The third kappa shape index (κ3) is 3.13. The predicted octanol–water partition coefficient (Wildman–Crippen LogP) is 3.29. The van der Waals surface area contributed by atoms with Gasteiger partial charge >= 0.3 is 5.97 Å². The first-order valence-electron chi connectivity index (χ1n) is 8.99. The summed E-state index contributed by atoms with van der Waals surface area (Å²) < 4.78 is 1.82. The fraction of sp³-hybridized carbons (Fsp3) is 0.0909. The minimum Gasteiger partial charge on any atom is -0.478 e. The summed E-state index contributed by atoms with van der Waals surface area (Å²) in [5.41, 5.74) is 3.61. The minimum absolute atomic E-state index is 0.0754. The number of benzene rings is 2. The molecule has 4 aromatic rings. The number of aromatic nitrogens is 4. The van der Waals surface area contributed by atoms with Crippen LogP contribution in [-0.4, -0.2) is 30.8 Å². The topological polar surface area (TPSA) is 128 Å². The van der Waals surface area contributed by atoms with Crippen molar-refractivity contribution >= 4 is 17.0 Å². The summed E-state index contributed by atoms with van der Waals surface area (Å²) in [6.45, 7) is 2.20. The van der Waals surface area contributed by atoms with Crippen molar-refractivity contribution in [3.8, 4) is 23.3 Å². The first-order valence-corrected chi connectivity index (χ1v) is 8.99. The summed E-state index contributed by atoms with van der Waals surface area (Å²) in [4.78, 5) is 15.9. The Morgan fingerprint density at radius 1 is 1.03 bits per heavy atom. The van der Waals surface area contributed by atoms with Gasteiger partial charge in [-0.2, -0.15) is 10.5 Å². The van der Waals surface area contributed by atoms with Crippen molar-refractivity contribution in [3.05, 3.63) is 76.9 Å². The zero-order valence-corrected chi connectivity index (χ0v) is 15.9. The molecule has 4 rings (SSSR count). The van der Waals surface area contributed by atoms with Crippen LogP contribution in [0.1, 0.15) is 33.1 Å². The second-order valence-electron chi connectivity index (χ2n) is 6.61. The second kappa shape index (κ2) is 7.46. The number of carbonyl (C=O) groups is 1. The summed E-state index contributed by atoms with van der Waals surface area (Å²) in [7, 11) is 0. The summed E-state index contributed by atoms with van der Waals surface area (Å²) in [5, 5.41) is 35.7. The fourth-order valence-electron chi connectivity index (χ4n) is 3.40. The van der Waals surface area contributed by atoms with E-state index in [0.29, 0.717) is 29.0 Å². The number of nitriles is 2. The molecule has 1 N–H and O–H groups in total. The molecular weight excluding hydrogens is 380 g/mol. The van der Waals surface area contributed by atoms with E-state index in [9.17, 15) is 20.4 Å². The van der Waals surface area contributed by atoms with Crippen LogP contribution < -0.4 is 0 Å². The van der Waals surface area contributed by atoms with E-state index in [1.807, 2.05) is 41.0 Å². The van der Waals surface area contributed by atoms with Crippen LogP contribution in [-0.2, 0) is 6.54 Å². The monoisotopic (exact) mass is 394 g/mol. The lowest BCUT2D eigenvalue weighted by atomic mass is 9.99. The van der Waals surface area contributed by atoms with E-state index in [4.69, 9.17) is 0 Å². The molecule has 0 aliphatic carbocycles. The van der Waals surface area contributed by atoms with Gasteiger partial charge in [-0.1, -0.05) is 42.5 Å². The molecule has 0 amide bonds. The molecule has 0 atom stereocenters. The Morgan fingerprint density at radius 2 is 1.70 bits per heavy atom. The normalized spacial score (nSPS) is 10.5. The molecule has 0 aliphatic rings. The predicted molar refractivity (Wildman–Crippen MR) is 107 cm³/mol. The van der Waals surface area contributed by atoms with Crippen LogP contribution in [0, 0.1) is 29.6 Å². The van der Waals surface area contributed by atoms with E-state index in [2.05, 4.69) is 15.2 Å². The fourth-order valence-corrected chi connectivity index (χ4v) is 3.40. The average Bonchev–Trinajstić information content (AvgIpc) is 3.09. The Kier molecular flexibility index (Phi) is 4.67. The summed E-state index contributed by atoms with van der Waals surface area (Å²) in [5.74, 6) is -0.346. The quantitative estimate of drug-likeness (QED) is 0.562. The maximum absolute atomic E-state index is 11.5. The van der Waals surface area contributed by atoms with Crippen LogP contribution in [0.15, 0.2) is 48.5 Å². The van der Waals surface area contributed by atoms with Gasteiger partial charge < -0.3 is 9.67 Å². The molecule has 0 fully saturated rings. The van der Waals surface area contributed by atoms with Crippen molar-refractivity contribution in [2.45, 2.75) is 13.5 Å². The van der Waals surface area contributed by atoms with E-state index in [-0.39, 0.29) is 17.0 Å². The molecule has 8 nitrogen and oxygen atoms in total. The van der Waals surface area contributed by atoms with Crippen molar-refractivity contribution in [1.29, 1.82) is 10.5 Å². The molecule has 0 bridgehead atoms. The van der Waals surface area contributed by atoms with Gasteiger partial charge in [0.25, 0.3) is 0 Å². The smallest absolute Gasteiger partial charge is 0.336 e. The average molecular weight is 394 g/mol. The van der Waals surface area contributed by atoms with Gasteiger partial charge in [-0.15, -0.1) is 10.2 Å². The highest BCUT2D eigenvalue weighted by atomic mass is 16.4. The molecule has 0 unspecified atom stereocenters. The van der Waals surface area contributed by atoms with Gasteiger partial charge in [-0.3, -0.25) is 0 Å². The van der Waals surface area contributed by atoms with Crippen molar-refractivity contribution in [3.63, 3.8) is 0 Å². The van der Waals surface area contributed by atoms with Crippen LogP contribution in [0.25, 0.3) is 22.2 Å². The number of aromatic carboxylic acids is 1. The van der Waals surface area contributed by atoms with Crippen LogP contribution in [0.3, 0.4) is 0 Å². The number of hydrogen-bond acceptors (Lipinski definition) is 6. The number of nitrogens with zero attached hydrogens (tertiary/aromatic N) is 6. The number of rotatable bonds is 4. The van der Waals surface area contributed by atoms with E-state index in [1.54, 1.807) is 31.2 Å². The van der Waals surface area contributed by atoms with Gasteiger partial charge in [0.2, 0.25) is 0 Å². The van der Waals surface area contributed by atoms with Crippen molar-refractivity contribution < 1.29 is 9.90 Å². The Morgan fingerprint density at radius 3 is 2.37 bits per heavy atom. The molecule has 30 heavy (non-hydrogen) atoms. The lowest BCUT2D eigenvalue weighted by molar-refractivity contribution is 0.0697. The molecule has 0 radical (unpaired) electrons. The van der Waals surface area contributed by atoms with Gasteiger partial charge in [0.05, 0.1) is 5.56 Å². The molecule has 0 aliphatic heterocycles. The van der Waals surface area contributed by atoms with Crippen LogP contribution in [0.4, 0.5) is 0 Å². The molecule has 144 valence electrons. The first kappa shape index (κ1) is 18.8. The van der Waals surface area contributed by atoms with Crippen molar-refractivity contribution in [2.75, 3.05) is 0 Å². The molecule has 2 aromatic carbocycles. The number of fused-ring (bicyclic) bond motifs is 1. The van der Waals surface area contributed by atoms with E-state index >= 15 is 0 Å². The van der Waals surface area contributed by atoms with Gasteiger partial charge in [-0.05, 0) is 29.7 Å². The number of aryl methyl sites for hydroxylation is 1. The van der Waals surface area contributed by atoms with Gasteiger partial charge in [0.1, 0.15) is 29.0 Å². The lowest BCUT2D eigenvalue weighted by Gasteiger charge is -2.10. The van der Waals surface area contributed by atoms with Crippen LogP contribution >= 0.6 is 0 Å². The Labute approximate surface area is 171 Å². The molecule has 2 aromatic heterocycles. The van der Waals surface area contributed by atoms with Crippen molar-refractivity contribution in [1.82, 2.24) is 19.7 Å². The van der Waals surface area contributed by atoms with Crippen LogP contribution in [0.2, 0.25) is 0 Å². The molecule has 0 spiro atoms. The molecule has 8 heteroatoms. The Balaban J connectivity index is 1.74. The number of hydrogen-bond donors (Lipinski definition) is 1. The van der Waals surface area contributed by atoms with Crippen LogP contribution in [0.5, 0.6) is 0 Å². The third-order valence-electron chi connectivity index (χ3n) is 4.83. The van der Waals surface area contributed by atoms with Gasteiger partial charge in [-0.25, -0.2) is 9.78 Å². The highest BCUT2D eigenvalue weighted by Gasteiger charge is 2.18. The zero-order valence-electron chi connectivity index (χ0n) is 15.9. The van der Waals surface area contributed by atoms with Crippen molar-refractivity contribution in [2.24, 2.45) is 0 Å². The maximum atomic E-state index is 11.5. The molecule has 0 saturated heterocycles. The summed E-state index contributed by atoms with van der Waals surface area (Å²) in [6.07, 6.45) is 0. The summed E-state index contributed by atoms with van der Waals surface area (Å²) >= 11 is 0. The number of carboxylic acids is 1. The number of carboxylic acid groups (broad SMARTS) is 1. The third-order valence-corrected chi connectivity index (χ3v) is 4.83. The Hall–Kier alpha value is -4.56. The maximum Gasteiger partial charge on any atom is 0.336 e. The standard InChI is InChI=1S/C22H14N6O2/c1-13-25-20-18(10-23)26-27-19(11-24)21(20)28(13)12-14-6-8-15(9-7-14)16-4-2-3-5-17(16)22(29)30/h2-9H,12H2,1H3,(H,29,30).